The van der Waals surface area contributed by atoms with Crippen LogP contribution in [0.15, 0.2) is 65.3 Å². The number of hydrogen-bond donors (Lipinski definition) is 3. The predicted octanol–water partition coefficient (Wildman–Crippen LogP) is 1.47. The fourth-order valence-corrected chi connectivity index (χ4v) is 3.27. The molecule has 29 heavy (non-hydrogen) atoms. The van der Waals surface area contributed by atoms with E-state index in [1.807, 2.05) is 47.9 Å². The minimum absolute atomic E-state index is 0.177. The molecule has 0 radical (unpaired) electrons. The molecule has 0 saturated heterocycles. The standard InChI is InChI=1S/C21H23N7O/c1-14-5-6-15(8-17(14)19(10-23)27-26-13-29)18(9-22)21(24-2)16-4-3-7-28-12-25-11-20(16)28/h3-9,11-13H,10,22-23H2,1-2H3,(H,26,29)/b18-9-,24-21?,27-19-. The van der Waals surface area contributed by atoms with Gasteiger partial charge in [0.15, 0.2) is 0 Å². The number of nitrogens with one attached hydrogen (secondary N) is 1. The van der Waals surface area contributed by atoms with E-state index in [1.165, 1.54) is 0 Å². The zero-order valence-corrected chi connectivity index (χ0v) is 16.3. The molecular weight excluding hydrogens is 366 g/mol. The Morgan fingerprint density at radius 2 is 2.14 bits per heavy atom. The van der Waals surface area contributed by atoms with Gasteiger partial charge in [-0.3, -0.25) is 9.79 Å². The first kappa shape index (κ1) is 20.0. The molecule has 0 spiro atoms. The van der Waals surface area contributed by atoms with Gasteiger partial charge in [-0.1, -0.05) is 12.1 Å². The van der Waals surface area contributed by atoms with Crippen LogP contribution in [0.4, 0.5) is 0 Å². The zero-order valence-electron chi connectivity index (χ0n) is 16.3. The number of aryl methyl sites for hydroxylation is 1. The van der Waals surface area contributed by atoms with Gasteiger partial charge in [0.2, 0.25) is 6.41 Å². The maximum Gasteiger partial charge on any atom is 0.227 e. The van der Waals surface area contributed by atoms with Crippen LogP contribution < -0.4 is 16.9 Å². The Labute approximate surface area is 168 Å². The van der Waals surface area contributed by atoms with E-state index in [9.17, 15) is 4.79 Å². The summed E-state index contributed by atoms with van der Waals surface area (Å²) in [5.74, 6) is 0. The van der Waals surface area contributed by atoms with Crippen molar-refractivity contribution in [3.8, 4) is 0 Å². The molecule has 0 aliphatic heterocycles. The highest BCUT2D eigenvalue weighted by Gasteiger charge is 2.17. The van der Waals surface area contributed by atoms with Crippen LogP contribution in [0.1, 0.15) is 22.3 Å². The molecule has 2 heterocycles. The van der Waals surface area contributed by atoms with Gasteiger partial charge in [-0.05, 0) is 36.2 Å². The second kappa shape index (κ2) is 8.94. The number of fused-ring (bicyclic) bond motifs is 1. The third-order valence-electron chi connectivity index (χ3n) is 4.66. The number of imidazole rings is 1. The molecule has 3 aromatic rings. The fourth-order valence-electron chi connectivity index (χ4n) is 3.27. The number of pyridine rings is 1. The van der Waals surface area contributed by atoms with Crippen molar-refractivity contribution in [3.05, 3.63) is 77.5 Å². The van der Waals surface area contributed by atoms with E-state index in [2.05, 4.69) is 20.5 Å². The first-order valence-corrected chi connectivity index (χ1v) is 9.01. The normalized spacial score (nSPS) is 13.0. The summed E-state index contributed by atoms with van der Waals surface area (Å²) in [7, 11) is 1.73. The number of amides is 1. The largest absolute Gasteiger partial charge is 0.404 e. The van der Waals surface area contributed by atoms with Gasteiger partial charge < -0.3 is 15.9 Å². The van der Waals surface area contributed by atoms with Crippen LogP contribution in [0.3, 0.4) is 0 Å². The van der Waals surface area contributed by atoms with Crippen LogP contribution in [0.5, 0.6) is 0 Å². The van der Waals surface area contributed by atoms with E-state index in [4.69, 9.17) is 11.5 Å². The van der Waals surface area contributed by atoms with Gasteiger partial charge in [0.05, 0.1) is 29.5 Å². The van der Waals surface area contributed by atoms with Crippen molar-refractivity contribution in [3.63, 3.8) is 0 Å². The summed E-state index contributed by atoms with van der Waals surface area (Å²) in [6, 6.07) is 9.81. The summed E-state index contributed by atoms with van der Waals surface area (Å²) in [4.78, 5) is 19.4. The van der Waals surface area contributed by atoms with E-state index in [1.54, 1.807) is 25.8 Å². The van der Waals surface area contributed by atoms with Crippen LogP contribution >= 0.6 is 0 Å². The minimum Gasteiger partial charge on any atom is -0.404 e. The molecule has 1 aromatic carbocycles. The quantitative estimate of drug-likeness (QED) is 0.322. The maximum absolute atomic E-state index is 10.6. The van der Waals surface area contributed by atoms with Gasteiger partial charge in [0, 0.05) is 42.7 Å². The third-order valence-corrected chi connectivity index (χ3v) is 4.66. The Bertz CT molecular complexity index is 1130. The Kier molecular flexibility index (Phi) is 6.16. The van der Waals surface area contributed by atoms with Crippen molar-refractivity contribution < 1.29 is 4.79 Å². The second-order valence-electron chi connectivity index (χ2n) is 6.30. The van der Waals surface area contributed by atoms with E-state index < -0.39 is 0 Å². The van der Waals surface area contributed by atoms with Crippen LogP contribution in [0.25, 0.3) is 11.1 Å². The van der Waals surface area contributed by atoms with Crippen LogP contribution in [0, 0.1) is 6.92 Å². The number of aliphatic imine (C=N–C) groups is 1. The molecule has 0 aliphatic carbocycles. The molecule has 8 nitrogen and oxygen atoms in total. The number of benzene rings is 1. The molecule has 5 N–H and O–H groups in total. The third kappa shape index (κ3) is 3.92. The van der Waals surface area contributed by atoms with Gasteiger partial charge in [-0.2, -0.15) is 5.10 Å². The summed E-state index contributed by atoms with van der Waals surface area (Å²) in [5.41, 5.74) is 20.8. The highest BCUT2D eigenvalue weighted by molar-refractivity contribution is 6.33. The molecule has 0 bridgehead atoms. The monoisotopic (exact) mass is 389 g/mol. The molecule has 0 saturated carbocycles. The molecule has 2 aromatic heterocycles. The molecule has 0 unspecified atom stereocenters. The second-order valence-corrected chi connectivity index (χ2v) is 6.30. The molecular formula is C21H23N7O. The van der Waals surface area contributed by atoms with Crippen LogP contribution in [-0.2, 0) is 4.79 Å². The number of carbonyl (C=O) groups excluding carboxylic acids is 1. The number of allylic oxidation sites excluding steroid dienone is 1. The van der Waals surface area contributed by atoms with E-state index in [-0.39, 0.29) is 6.54 Å². The number of hydrogen-bond acceptors (Lipinski definition) is 6. The number of nitrogens with zero attached hydrogens (tertiary/aromatic N) is 4. The molecule has 0 fully saturated rings. The van der Waals surface area contributed by atoms with Gasteiger partial charge in [0.1, 0.15) is 0 Å². The minimum atomic E-state index is 0.177. The average Bonchev–Trinajstić information content (AvgIpc) is 3.23. The Morgan fingerprint density at radius 3 is 2.83 bits per heavy atom. The summed E-state index contributed by atoms with van der Waals surface area (Å²) in [6.07, 6.45) is 7.51. The Hall–Kier alpha value is -3.78. The fraction of sp³-hybridized carbons (Fsp3) is 0.143. The van der Waals surface area contributed by atoms with Crippen LogP contribution in [0.2, 0.25) is 0 Å². The van der Waals surface area contributed by atoms with Crippen molar-refractivity contribution in [1.82, 2.24) is 14.8 Å². The van der Waals surface area contributed by atoms with Gasteiger partial charge in [-0.25, -0.2) is 10.4 Å². The first-order chi connectivity index (χ1) is 14.1. The molecule has 8 heteroatoms. The van der Waals surface area contributed by atoms with Crippen molar-refractivity contribution in [2.24, 2.45) is 21.6 Å². The van der Waals surface area contributed by atoms with E-state index in [0.717, 1.165) is 39.1 Å². The number of carbonyl (C=O) groups is 1. The van der Waals surface area contributed by atoms with Gasteiger partial charge in [0.25, 0.3) is 0 Å². The van der Waals surface area contributed by atoms with Crippen molar-refractivity contribution in [2.45, 2.75) is 6.92 Å². The lowest BCUT2D eigenvalue weighted by Gasteiger charge is -2.15. The van der Waals surface area contributed by atoms with Crippen LogP contribution in [-0.4, -0.2) is 40.8 Å². The number of hydrazone groups is 1. The Morgan fingerprint density at radius 1 is 1.31 bits per heavy atom. The molecule has 148 valence electrons. The highest BCUT2D eigenvalue weighted by atomic mass is 16.1. The smallest absolute Gasteiger partial charge is 0.227 e. The van der Waals surface area contributed by atoms with Crippen molar-refractivity contribution in [1.29, 1.82) is 0 Å². The lowest BCUT2D eigenvalue weighted by Crippen LogP contribution is -2.20. The first-order valence-electron chi connectivity index (χ1n) is 9.01. The molecule has 3 rings (SSSR count). The highest BCUT2D eigenvalue weighted by Crippen LogP contribution is 2.25. The Balaban J connectivity index is 2.12. The maximum atomic E-state index is 10.6. The molecule has 0 atom stereocenters. The lowest BCUT2D eigenvalue weighted by atomic mass is 9.92. The topological polar surface area (TPSA) is 123 Å². The lowest BCUT2D eigenvalue weighted by molar-refractivity contribution is -0.109. The summed E-state index contributed by atoms with van der Waals surface area (Å²) < 4.78 is 1.93. The van der Waals surface area contributed by atoms with Crippen molar-refractivity contribution >= 4 is 28.9 Å². The summed E-state index contributed by atoms with van der Waals surface area (Å²) >= 11 is 0. The van der Waals surface area contributed by atoms with Gasteiger partial charge in [-0.15, -0.1) is 0 Å². The van der Waals surface area contributed by atoms with E-state index in [0.29, 0.717) is 12.1 Å². The SMILES string of the molecule is CN=C(/C(=C\N)c1ccc(C)c(/C(CN)=N\NC=O)c1)c1cccn2cncc12. The number of aromatic nitrogens is 2. The van der Waals surface area contributed by atoms with E-state index >= 15 is 0 Å². The predicted molar refractivity (Wildman–Crippen MR) is 116 cm³/mol. The number of nitrogens with two attached hydrogens (primary N) is 2. The average molecular weight is 389 g/mol. The molecule has 0 aliphatic rings. The summed E-state index contributed by atoms with van der Waals surface area (Å²) in [6.45, 7) is 2.13. The van der Waals surface area contributed by atoms with Crippen molar-refractivity contribution in [2.75, 3.05) is 13.6 Å². The molecule has 1 amide bonds. The van der Waals surface area contributed by atoms with Gasteiger partial charge >= 0.3 is 0 Å². The zero-order chi connectivity index (χ0) is 20.8. The summed E-state index contributed by atoms with van der Waals surface area (Å²) in [5, 5.41) is 4.06. The number of rotatable bonds is 7.